The molecule has 0 aromatic heterocycles. The number of rotatable bonds is 6. The molecule has 0 fully saturated rings. The summed E-state index contributed by atoms with van der Waals surface area (Å²) >= 11 is 5.47. The number of hydrogen-bond donors (Lipinski definition) is 1. The van der Waals surface area contributed by atoms with Crippen LogP contribution in [-0.2, 0) is 11.2 Å². The number of halogens is 1. The highest BCUT2D eigenvalue weighted by molar-refractivity contribution is 6.30. The minimum atomic E-state index is -0.0588. The van der Waals surface area contributed by atoms with Gasteiger partial charge in [0.2, 0.25) is 5.91 Å². The van der Waals surface area contributed by atoms with Crippen molar-refractivity contribution in [2.45, 2.75) is 19.8 Å². The maximum atomic E-state index is 11.3. The lowest BCUT2D eigenvalue weighted by Crippen LogP contribution is -2.21. The van der Waals surface area contributed by atoms with Gasteiger partial charge in [-0.05, 0) is 18.4 Å². The summed E-state index contributed by atoms with van der Waals surface area (Å²) in [6.45, 7) is 2.18. The summed E-state index contributed by atoms with van der Waals surface area (Å²) in [6.07, 6.45) is 1.78. The molecular formula is C13H16ClNO2. The van der Waals surface area contributed by atoms with Crippen LogP contribution in [0.3, 0.4) is 0 Å². The first-order valence-corrected chi connectivity index (χ1v) is 6.09. The van der Waals surface area contributed by atoms with Gasteiger partial charge in [-0.1, -0.05) is 24.3 Å². The van der Waals surface area contributed by atoms with Crippen molar-refractivity contribution in [3.8, 4) is 0 Å². The third-order valence-corrected chi connectivity index (χ3v) is 2.66. The number of aryl methyl sites for hydroxylation is 1. The van der Waals surface area contributed by atoms with E-state index in [0.29, 0.717) is 12.1 Å². The second kappa shape index (κ2) is 7.07. The molecule has 1 aromatic rings. The van der Waals surface area contributed by atoms with Gasteiger partial charge in [0.05, 0.1) is 5.88 Å². The molecule has 0 saturated carbocycles. The Morgan fingerprint density at radius 2 is 1.88 bits per heavy atom. The molecule has 1 rings (SSSR count). The van der Waals surface area contributed by atoms with Crippen LogP contribution in [0.4, 0.5) is 0 Å². The second-order valence-electron chi connectivity index (χ2n) is 3.84. The van der Waals surface area contributed by atoms with Crippen LogP contribution in [0.15, 0.2) is 24.3 Å². The molecule has 0 heterocycles. The highest BCUT2D eigenvalue weighted by Crippen LogP contribution is 2.07. The number of Topliss-reactive ketones (excluding diaryl/α,β-unsaturated/α-hetero) is 1. The molecule has 0 saturated heterocycles. The summed E-state index contributed by atoms with van der Waals surface area (Å²) in [5.41, 5.74) is 1.80. The number of carbonyl (C=O) groups excluding carboxylic acids is 2. The first-order valence-electron chi connectivity index (χ1n) is 5.56. The summed E-state index contributed by atoms with van der Waals surface area (Å²) in [4.78, 5) is 21.9. The average molecular weight is 254 g/mol. The summed E-state index contributed by atoms with van der Waals surface area (Å²) in [5, 5.41) is 2.74. The van der Waals surface area contributed by atoms with Crippen molar-refractivity contribution in [1.29, 1.82) is 0 Å². The highest BCUT2D eigenvalue weighted by Gasteiger charge is 2.03. The molecule has 0 bridgehead atoms. The molecule has 0 spiro atoms. The minimum Gasteiger partial charge on any atom is -0.356 e. The lowest BCUT2D eigenvalue weighted by molar-refractivity contribution is -0.118. The van der Waals surface area contributed by atoms with E-state index in [1.54, 1.807) is 12.1 Å². The summed E-state index contributed by atoms with van der Waals surface area (Å²) in [5.74, 6) is -0.0495. The highest BCUT2D eigenvalue weighted by atomic mass is 35.5. The van der Waals surface area contributed by atoms with Gasteiger partial charge in [-0.3, -0.25) is 9.59 Å². The van der Waals surface area contributed by atoms with Crippen molar-refractivity contribution in [3.63, 3.8) is 0 Å². The summed E-state index contributed by atoms with van der Waals surface area (Å²) in [7, 11) is 0. The molecule has 17 heavy (non-hydrogen) atoms. The number of amides is 1. The van der Waals surface area contributed by atoms with E-state index in [-0.39, 0.29) is 17.6 Å². The Bertz CT molecular complexity index is 387. The van der Waals surface area contributed by atoms with Gasteiger partial charge < -0.3 is 5.32 Å². The largest absolute Gasteiger partial charge is 0.356 e. The van der Waals surface area contributed by atoms with Crippen molar-refractivity contribution >= 4 is 23.3 Å². The minimum absolute atomic E-state index is 0.00643. The molecule has 0 aliphatic heterocycles. The Kier molecular flexibility index (Phi) is 5.70. The van der Waals surface area contributed by atoms with Gasteiger partial charge in [-0.2, -0.15) is 0 Å². The number of nitrogens with one attached hydrogen (secondary N) is 1. The SMILES string of the molecule is CC(=O)NCCCc1ccc(C(=O)CCl)cc1. The smallest absolute Gasteiger partial charge is 0.216 e. The first kappa shape index (κ1) is 13.7. The van der Waals surface area contributed by atoms with Gasteiger partial charge >= 0.3 is 0 Å². The number of benzene rings is 1. The third-order valence-electron chi connectivity index (χ3n) is 2.41. The first-order chi connectivity index (χ1) is 8.13. The molecule has 0 atom stereocenters. The number of alkyl halides is 1. The lowest BCUT2D eigenvalue weighted by atomic mass is 10.1. The summed E-state index contributed by atoms with van der Waals surface area (Å²) in [6, 6.07) is 7.43. The molecule has 92 valence electrons. The molecule has 0 unspecified atom stereocenters. The Morgan fingerprint density at radius 1 is 1.24 bits per heavy atom. The van der Waals surface area contributed by atoms with Crippen molar-refractivity contribution in [2.24, 2.45) is 0 Å². The van der Waals surface area contributed by atoms with Crippen LogP contribution in [-0.4, -0.2) is 24.1 Å². The van der Waals surface area contributed by atoms with Crippen LogP contribution in [0.2, 0.25) is 0 Å². The van der Waals surface area contributed by atoms with Gasteiger partial charge in [0.15, 0.2) is 5.78 Å². The standard InChI is InChI=1S/C13H16ClNO2/c1-10(16)15-8-2-3-11-4-6-12(7-5-11)13(17)9-14/h4-7H,2-3,8-9H2,1H3,(H,15,16). The summed E-state index contributed by atoms with van der Waals surface area (Å²) < 4.78 is 0. The molecular weight excluding hydrogens is 238 g/mol. The predicted molar refractivity (Wildman–Crippen MR) is 68.5 cm³/mol. The normalized spacial score (nSPS) is 10.0. The predicted octanol–water partition coefficient (Wildman–Crippen LogP) is 2.18. The van der Waals surface area contributed by atoms with Gasteiger partial charge in [0.25, 0.3) is 0 Å². The van der Waals surface area contributed by atoms with Crippen LogP contribution in [0.5, 0.6) is 0 Å². The Morgan fingerprint density at radius 3 is 2.41 bits per heavy atom. The third kappa shape index (κ3) is 5.00. The molecule has 1 aromatic carbocycles. The second-order valence-corrected chi connectivity index (χ2v) is 4.11. The van der Waals surface area contributed by atoms with Crippen molar-refractivity contribution < 1.29 is 9.59 Å². The fraction of sp³-hybridized carbons (Fsp3) is 0.385. The Hall–Kier alpha value is -1.35. The molecule has 0 aliphatic carbocycles. The van der Waals surface area contributed by atoms with Crippen LogP contribution in [0.1, 0.15) is 29.3 Å². The van der Waals surface area contributed by atoms with Crippen LogP contribution >= 0.6 is 11.6 Å². The maximum absolute atomic E-state index is 11.3. The number of carbonyl (C=O) groups is 2. The maximum Gasteiger partial charge on any atom is 0.216 e. The van der Waals surface area contributed by atoms with E-state index < -0.39 is 0 Å². The van der Waals surface area contributed by atoms with E-state index in [4.69, 9.17) is 11.6 Å². The van der Waals surface area contributed by atoms with Gasteiger partial charge in [0, 0.05) is 19.0 Å². The zero-order valence-corrected chi connectivity index (χ0v) is 10.6. The molecule has 1 N–H and O–H groups in total. The van der Waals surface area contributed by atoms with Crippen molar-refractivity contribution in [2.75, 3.05) is 12.4 Å². The quantitative estimate of drug-likeness (QED) is 0.480. The van der Waals surface area contributed by atoms with E-state index in [9.17, 15) is 9.59 Å². The van der Waals surface area contributed by atoms with Crippen LogP contribution < -0.4 is 5.32 Å². The lowest BCUT2D eigenvalue weighted by Gasteiger charge is -2.03. The van der Waals surface area contributed by atoms with E-state index in [1.807, 2.05) is 12.1 Å². The Balaban J connectivity index is 2.40. The fourth-order valence-corrected chi connectivity index (χ4v) is 1.65. The van der Waals surface area contributed by atoms with E-state index in [2.05, 4.69) is 5.32 Å². The molecule has 1 amide bonds. The van der Waals surface area contributed by atoms with E-state index >= 15 is 0 Å². The topological polar surface area (TPSA) is 46.2 Å². The van der Waals surface area contributed by atoms with Crippen molar-refractivity contribution in [3.05, 3.63) is 35.4 Å². The number of ketones is 1. The monoisotopic (exact) mass is 253 g/mol. The zero-order valence-electron chi connectivity index (χ0n) is 9.83. The van der Waals surface area contributed by atoms with Gasteiger partial charge in [-0.15, -0.1) is 11.6 Å². The van der Waals surface area contributed by atoms with E-state index in [0.717, 1.165) is 18.4 Å². The van der Waals surface area contributed by atoms with Crippen LogP contribution in [0.25, 0.3) is 0 Å². The van der Waals surface area contributed by atoms with Gasteiger partial charge in [-0.25, -0.2) is 0 Å². The molecule has 3 nitrogen and oxygen atoms in total. The van der Waals surface area contributed by atoms with Gasteiger partial charge in [0.1, 0.15) is 0 Å². The molecule has 4 heteroatoms. The van der Waals surface area contributed by atoms with Crippen molar-refractivity contribution in [1.82, 2.24) is 5.32 Å². The molecule has 0 radical (unpaired) electrons. The fourth-order valence-electron chi connectivity index (χ4n) is 1.49. The molecule has 0 aliphatic rings. The number of hydrogen-bond acceptors (Lipinski definition) is 2. The Labute approximate surface area is 106 Å². The van der Waals surface area contributed by atoms with E-state index in [1.165, 1.54) is 6.92 Å². The van der Waals surface area contributed by atoms with Crippen LogP contribution in [0, 0.1) is 0 Å². The average Bonchev–Trinajstić information content (AvgIpc) is 2.34. The zero-order chi connectivity index (χ0) is 12.7.